The zero-order valence-electron chi connectivity index (χ0n) is 7.71. The normalized spacial score (nSPS) is 20.0. The fraction of sp³-hybridized carbons (Fsp3) is 0.400. The Morgan fingerprint density at radius 1 is 1.43 bits per heavy atom. The van der Waals surface area contributed by atoms with Gasteiger partial charge >= 0.3 is 0 Å². The first kappa shape index (κ1) is 9.52. The van der Waals surface area contributed by atoms with Crippen molar-refractivity contribution in [3.05, 3.63) is 22.6 Å². The van der Waals surface area contributed by atoms with Crippen molar-refractivity contribution in [2.45, 2.75) is 19.3 Å². The van der Waals surface area contributed by atoms with Gasteiger partial charge in [-0.2, -0.15) is 0 Å². The van der Waals surface area contributed by atoms with Crippen molar-refractivity contribution < 1.29 is 9.59 Å². The van der Waals surface area contributed by atoms with Gasteiger partial charge in [0.1, 0.15) is 0 Å². The molecule has 0 saturated carbocycles. The molecule has 1 heterocycles. The van der Waals surface area contributed by atoms with Crippen molar-refractivity contribution in [2.24, 2.45) is 0 Å². The Balaban J connectivity index is 1.77. The first-order chi connectivity index (χ1) is 6.75. The van der Waals surface area contributed by atoms with Gasteiger partial charge in [-0.3, -0.25) is 14.9 Å². The number of carbonyl (C=O) groups excluding carboxylic acids is 2. The lowest BCUT2D eigenvalue weighted by atomic mass is 10.1. The summed E-state index contributed by atoms with van der Waals surface area (Å²) in [5, 5.41) is 2.24. The average Bonchev–Trinajstić information content (AvgIpc) is 2.36. The molecule has 3 nitrogen and oxygen atoms in total. The summed E-state index contributed by atoms with van der Waals surface area (Å²) in [5.41, 5.74) is 0.613. The van der Waals surface area contributed by atoms with Gasteiger partial charge in [-0.25, -0.2) is 0 Å². The molecule has 4 heteroatoms. The van der Waals surface area contributed by atoms with E-state index in [4.69, 9.17) is 0 Å². The van der Waals surface area contributed by atoms with E-state index in [1.54, 1.807) is 11.8 Å². The van der Waals surface area contributed by atoms with E-state index < -0.39 is 0 Å². The molecule has 1 aliphatic carbocycles. The number of allylic oxidation sites excluding steroid dienone is 2. The highest BCUT2D eigenvalue weighted by atomic mass is 32.2. The first-order valence-electron chi connectivity index (χ1n) is 4.63. The Morgan fingerprint density at radius 3 is 2.71 bits per heavy atom. The smallest absolute Gasteiger partial charge is 0.254 e. The molecule has 0 atom stereocenters. The molecule has 2 amide bonds. The molecule has 2 aliphatic rings. The fourth-order valence-corrected chi connectivity index (χ4v) is 2.41. The number of carbonyl (C=O) groups is 2. The molecule has 1 N–H and O–H groups in total. The predicted octanol–water partition coefficient (Wildman–Crippen LogP) is 1.37. The fourth-order valence-electron chi connectivity index (χ4n) is 1.32. The monoisotopic (exact) mass is 209 g/mol. The predicted molar refractivity (Wildman–Crippen MR) is 55.6 cm³/mol. The van der Waals surface area contributed by atoms with Crippen molar-refractivity contribution in [3.8, 4) is 0 Å². The molecule has 0 radical (unpaired) electrons. The second-order valence-electron chi connectivity index (χ2n) is 3.30. The SMILES string of the molecule is O=C1C=C(CCSC2=CCC2)C(=O)N1. The summed E-state index contributed by atoms with van der Waals surface area (Å²) in [5.74, 6) is 0.384. The van der Waals surface area contributed by atoms with Crippen molar-refractivity contribution >= 4 is 23.6 Å². The zero-order chi connectivity index (χ0) is 9.97. The summed E-state index contributed by atoms with van der Waals surface area (Å²) in [6, 6.07) is 0. The van der Waals surface area contributed by atoms with Crippen LogP contribution in [-0.2, 0) is 9.59 Å². The van der Waals surface area contributed by atoms with Crippen LogP contribution in [0.4, 0.5) is 0 Å². The van der Waals surface area contributed by atoms with Crippen LogP contribution in [0.5, 0.6) is 0 Å². The quantitative estimate of drug-likeness (QED) is 0.711. The Labute approximate surface area is 86.6 Å². The molecule has 14 heavy (non-hydrogen) atoms. The van der Waals surface area contributed by atoms with E-state index in [-0.39, 0.29) is 11.8 Å². The number of hydrogen-bond donors (Lipinski definition) is 1. The van der Waals surface area contributed by atoms with Crippen LogP contribution in [-0.4, -0.2) is 17.6 Å². The molecule has 0 bridgehead atoms. The van der Waals surface area contributed by atoms with Crippen molar-refractivity contribution in [1.82, 2.24) is 5.32 Å². The highest BCUT2D eigenvalue weighted by Crippen LogP contribution is 2.30. The first-order valence-corrected chi connectivity index (χ1v) is 5.62. The number of hydrogen-bond acceptors (Lipinski definition) is 3. The highest BCUT2D eigenvalue weighted by Gasteiger charge is 2.20. The van der Waals surface area contributed by atoms with Gasteiger partial charge in [0.05, 0.1) is 0 Å². The van der Waals surface area contributed by atoms with Crippen LogP contribution in [0.1, 0.15) is 19.3 Å². The molecule has 2 rings (SSSR count). The second-order valence-corrected chi connectivity index (χ2v) is 4.52. The lowest BCUT2D eigenvalue weighted by molar-refractivity contribution is -0.123. The summed E-state index contributed by atoms with van der Waals surface area (Å²) < 4.78 is 0. The second kappa shape index (κ2) is 4.00. The molecule has 0 aromatic carbocycles. The molecule has 0 unspecified atom stereocenters. The van der Waals surface area contributed by atoms with Crippen LogP contribution in [0, 0.1) is 0 Å². The third-order valence-corrected chi connectivity index (χ3v) is 3.41. The number of thioether (sulfide) groups is 1. The standard InChI is InChI=1S/C10H11NO2S/c12-9-6-7(10(13)11-9)4-5-14-8-2-1-3-8/h2,6H,1,3-5H2,(H,11,12,13). The van der Waals surface area contributed by atoms with Crippen LogP contribution in [0.25, 0.3) is 0 Å². The van der Waals surface area contributed by atoms with E-state index in [0.29, 0.717) is 12.0 Å². The van der Waals surface area contributed by atoms with E-state index in [0.717, 1.165) is 5.75 Å². The van der Waals surface area contributed by atoms with Gasteiger partial charge < -0.3 is 0 Å². The number of imide groups is 1. The lowest BCUT2D eigenvalue weighted by Crippen LogP contribution is -2.22. The number of rotatable bonds is 4. The lowest BCUT2D eigenvalue weighted by Gasteiger charge is -2.12. The van der Waals surface area contributed by atoms with Gasteiger partial charge in [0, 0.05) is 17.4 Å². The molecule has 0 fully saturated rings. The minimum absolute atomic E-state index is 0.224. The van der Waals surface area contributed by atoms with Gasteiger partial charge in [-0.05, 0) is 24.2 Å². The molecule has 0 spiro atoms. The summed E-state index contributed by atoms with van der Waals surface area (Å²) in [6.45, 7) is 0. The summed E-state index contributed by atoms with van der Waals surface area (Å²) >= 11 is 1.78. The van der Waals surface area contributed by atoms with Crippen LogP contribution in [0.2, 0.25) is 0 Å². The largest absolute Gasteiger partial charge is 0.289 e. The van der Waals surface area contributed by atoms with Gasteiger partial charge in [-0.15, -0.1) is 11.8 Å². The minimum atomic E-state index is -0.280. The van der Waals surface area contributed by atoms with Crippen LogP contribution < -0.4 is 5.32 Å². The highest BCUT2D eigenvalue weighted by molar-refractivity contribution is 8.03. The molecule has 74 valence electrons. The molecule has 0 aromatic rings. The van der Waals surface area contributed by atoms with E-state index in [1.165, 1.54) is 23.8 Å². The Morgan fingerprint density at radius 2 is 2.21 bits per heavy atom. The van der Waals surface area contributed by atoms with E-state index in [1.807, 2.05) is 0 Å². The van der Waals surface area contributed by atoms with Crippen molar-refractivity contribution in [3.63, 3.8) is 0 Å². The number of amides is 2. The third-order valence-electron chi connectivity index (χ3n) is 2.26. The maximum atomic E-state index is 11.1. The summed E-state index contributed by atoms with van der Waals surface area (Å²) in [4.78, 5) is 23.3. The van der Waals surface area contributed by atoms with E-state index in [9.17, 15) is 9.59 Å². The van der Waals surface area contributed by atoms with Crippen molar-refractivity contribution in [2.75, 3.05) is 5.75 Å². The molecule has 1 aliphatic heterocycles. The Kier molecular flexibility index (Phi) is 2.72. The Hall–Kier alpha value is -1.03. The molecule has 0 aromatic heterocycles. The van der Waals surface area contributed by atoms with Gasteiger partial charge in [0.15, 0.2) is 0 Å². The molecule has 0 saturated heterocycles. The minimum Gasteiger partial charge on any atom is -0.289 e. The van der Waals surface area contributed by atoms with Crippen LogP contribution in [0.3, 0.4) is 0 Å². The Bertz CT molecular complexity index is 344. The topological polar surface area (TPSA) is 46.2 Å². The van der Waals surface area contributed by atoms with Gasteiger partial charge in [-0.1, -0.05) is 6.08 Å². The van der Waals surface area contributed by atoms with Crippen LogP contribution >= 0.6 is 11.8 Å². The number of nitrogens with one attached hydrogen (secondary N) is 1. The third kappa shape index (κ3) is 2.07. The maximum absolute atomic E-state index is 11.1. The zero-order valence-corrected chi connectivity index (χ0v) is 8.52. The van der Waals surface area contributed by atoms with Gasteiger partial charge in [0.25, 0.3) is 11.8 Å². The molecular weight excluding hydrogens is 198 g/mol. The van der Waals surface area contributed by atoms with Crippen LogP contribution in [0.15, 0.2) is 22.6 Å². The summed E-state index contributed by atoms with van der Waals surface area (Å²) in [7, 11) is 0. The maximum Gasteiger partial charge on any atom is 0.254 e. The van der Waals surface area contributed by atoms with Crippen molar-refractivity contribution in [1.29, 1.82) is 0 Å². The van der Waals surface area contributed by atoms with Gasteiger partial charge in [0.2, 0.25) is 0 Å². The molecular formula is C10H11NO2S. The van der Waals surface area contributed by atoms with E-state index >= 15 is 0 Å². The van der Waals surface area contributed by atoms with E-state index in [2.05, 4.69) is 11.4 Å². The summed E-state index contributed by atoms with van der Waals surface area (Å²) in [6.07, 6.45) is 6.65. The average molecular weight is 209 g/mol.